The molecule has 0 saturated carbocycles. The van der Waals surface area contributed by atoms with Crippen molar-refractivity contribution in [3.05, 3.63) is 42.5 Å². The zero-order chi connectivity index (χ0) is 11.2. The molecule has 0 fully saturated rings. The first-order valence-electron chi connectivity index (χ1n) is 5.79. The molecule has 2 rings (SSSR count). The van der Waals surface area contributed by atoms with Crippen LogP contribution in [0.2, 0.25) is 0 Å². The second kappa shape index (κ2) is 5.86. The summed E-state index contributed by atoms with van der Waals surface area (Å²) in [4.78, 5) is 0. The van der Waals surface area contributed by atoms with Crippen LogP contribution in [-0.2, 0) is 0 Å². The van der Waals surface area contributed by atoms with E-state index in [0.717, 1.165) is 5.75 Å². The third-order valence-corrected chi connectivity index (χ3v) is 3.49. The standard InChI is InChI=1S/C14H17OP/c1-2-3-11-16-15-14-10-6-8-12-7-4-5-9-13(12)14/h4-10,16H,2-3,11H2,1H3. The van der Waals surface area contributed by atoms with Gasteiger partial charge in [0.1, 0.15) is 5.75 Å². The molecule has 0 aliphatic rings. The van der Waals surface area contributed by atoms with Crippen LogP contribution >= 0.6 is 8.81 Å². The Morgan fingerprint density at radius 2 is 1.88 bits per heavy atom. The summed E-state index contributed by atoms with van der Waals surface area (Å²) in [5.74, 6) is 1.02. The van der Waals surface area contributed by atoms with E-state index >= 15 is 0 Å². The highest BCUT2D eigenvalue weighted by Crippen LogP contribution is 2.29. The van der Waals surface area contributed by atoms with Gasteiger partial charge in [-0.15, -0.1) is 0 Å². The normalized spacial score (nSPS) is 11.3. The summed E-state index contributed by atoms with van der Waals surface area (Å²) in [6.45, 7) is 2.21. The van der Waals surface area contributed by atoms with Crippen LogP contribution in [-0.4, -0.2) is 6.16 Å². The highest BCUT2D eigenvalue weighted by atomic mass is 31.1. The van der Waals surface area contributed by atoms with Crippen molar-refractivity contribution in [2.24, 2.45) is 0 Å². The third kappa shape index (κ3) is 2.74. The molecule has 1 nitrogen and oxygen atoms in total. The number of fused-ring (bicyclic) bond motifs is 1. The zero-order valence-corrected chi connectivity index (χ0v) is 10.6. The molecule has 2 heteroatoms. The van der Waals surface area contributed by atoms with Gasteiger partial charge in [-0.1, -0.05) is 49.7 Å². The van der Waals surface area contributed by atoms with E-state index in [1.165, 1.54) is 29.8 Å². The van der Waals surface area contributed by atoms with Gasteiger partial charge in [-0.05, 0) is 17.9 Å². The smallest absolute Gasteiger partial charge is 0.130 e. The Labute approximate surface area is 98.7 Å². The summed E-state index contributed by atoms with van der Waals surface area (Å²) in [6, 6.07) is 14.6. The van der Waals surface area contributed by atoms with E-state index in [0.29, 0.717) is 8.81 Å². The van der Waals surface area contributed by atoms with Gasteiger partial charge < -0.3 is 4.52 Å². The van der Waals surface area contributed by atoms with Gasteiger partial charge in [0.25, 0.3) is 0 Å². The lowest BCUT2D eigenvalue weighted by molar-refractivity contribution is 0.634. The van der Waals surface area contributed by atoms with Gasteiger partial charge in [-0.25, -0.2) is 0 Å². The van der Waals surface area contributed by atoms with Crippen molar-refractivity contribution in [3.8, 4) is 5.75 Å². The van der Waals surface area contributed by atoms with Crippen molar-refractivity contribution >= 4 is 19.6 Å². The molecule has 0 radical (unpaired) electrons. The van der Waals surface area contributed by atoms with Crippen molar-refractivity contribution in [1.29, 1.82) is 0 Å². The number of hydrogen-bond acceptors (Lipinski definition) is 1. The predicted molar refractivity (Wildman–Crippen MR) is 72.7 cm³/mol. The Bertz CT molecular complexity index is 448. The van der Waals surface area contributed by atoms with Gasteiger partial charge in [-0.3, -0.25) is 0 Å². The molecule has 2 aromatic carbocycles. The second-order valence-corrected chi connectivity index (χ2v) is 4.82. The number of rotatable bonds is 5. The molecule has 0 N–H and O–H groups in total. The van der Waals surface area contributed by atoms with Crippen LogP contribution in [0.1, 0.15) is 19.8 Å². The first-order valence-corrected chi connectivity index (χ1v) is 6.91. The lowest BCUT2D eigenvalue weighted by Crippen LogP contribution is -1.84. The van der Waals surface area contributed by atoms with Crippen LogP contribution in [0.3, 0.4) is 0 Å². The minimum atomic E-state index is 0.580. The van der Waals surface area contributed by atoms with E-state index in [4.69, 9.17) is 4.52 Å². The summed E-state index contributed by atoms with van der Waals surface area (Å²) in [5.41, 5.74) is 0. The van der Waals surface area contributed by atoms with Crippen molar-refractivity contribution < 1.29 is 4.52 Å². The highest BCUT2D eigenvalue weighted by molar-refractivity contribution is 7.32. The Balaban J connectivity index is 2.11. The molecule has 1 unspecified atom stereocenters. The second-order valence-electron chi connectivity index (χ2n) is 3.83. The molecule has 0 aromatic heterocycles. The van der Waals surface area contributed by atoms with Crippen LogP contribution in [0, 0.1) is 0 Å². The maximum atomic E-state index is 5.85. The van der Waals surface area contributed by atoms with E-state index in [-0.39, 0.29) is 0 Å². The van der Waals surface area contributed by atoms with E-state index in [2.05, 4.69) is 49.4 Å². The van der Waals surface area contributed by atoms with Crippen LogP contribution in [0.25, 0.3) is 10.8 Å². The molecule has 0 heterocycles. The van der Waals surface area contributed by atoms with Crippen LogP contribution in [0.5, 0.6) is 5.75 Å². The fourth-order valence-electron chi connectivity index (χ4n) is 1.66. The van der Waals surface area contributed by atoms with Crippen molar-refractivity contribution in [2.75, 3.05) is 6.16 Å². The molecular formula is C14H17OP. The molecule has 0 aliphatic heterocycles. The molecule has 0 amide bonds. The number of unbranched alkanes of at least 4 members (excludes halogenated alkanes) is 1. The number of benzene rings is 2. The first kappa shape index (κ1) is 11.4. The minimum absolute atomic E-state index is 0.580. The Hall–Kier alpha value is -1.07. The lowest BCUT2D eigenvalue weighted by atomic mass is 10.1. The monoisotopic (exact) mass is 232 g/mol. The molecular weight excluding hydrogens is 215 g/mol. The Morgan fingerprint density at radius 3 is 2.75 bits per heavy atom. The van der Waals surface area contributed by atoms with Crippen LogP contribution in [0.15, 0.2) is 42.5 Å². The average Bonchev–Trinajstić information content (AvgIpc) is 2.35. The molecule has 0 spiro atoms. The molecule has 1 atom stereocenters. The van der Waals surface area contributed by atoms with E-state index in [9.17, 15) is 0 Å². The summed E-state index contributed by atoms with van der Waals surface area (Å²) < 4.78 is 5.85. The summed E-state index contributed by atoms with van der Waals surface area (Å²) in [5, 5.41) is 2.47. The largest absolute Gasteiger partial charge is 0.477 e. The van der Waals surface area contributed by atoms with Crippen molar-refractivity contribution in [3.63, 3.8) is 0 Å². The molecule has 16 heavy (non-hydrogen) atoms. The molecule has 0 bridgehead atoms. The quantitative estimate of drug-likeness (QED) is 0.540. The van der Waals surface area contributed by atoms with Gasteiger partial charge >= 0.3 is 0 Å². The Kier molecular flexibility index (Phi) is 4.18. The van der Waals surface area contributed by atoms with Gasteiger partial charge in [0, 0.05) is 11.5 Å². The van der Waals surface area contributed by atoms with Crippen LogP contribution in [0.4, 0.5) is 0 Å². The summed E-state index contributed by atoms with van der Waals surface area (Å²) >= 11 is 0. The average molecular weight is 232 g/mol. The van der Waals surface area contributed by atoms with Crippen molar-refractivity contribution in [2.45, 2.75) is 19.8 Å². The molecule has 84 valence electrons. The SMILES string of the molecule is CCCCPOc1cccc2ccccc12. The summed E-state index contributed by atoms with van der Waals surface area (Å²) in [7, 11) is 0.580. The first-order chi connectivity index (χ1) is 7.92. The molecule has 2 aromatic rings. The lowest BCUT2D eigenvalue weighted by Gasteiger charge is -2.08. The van der Waals surface area contributed by atoms with Gasteiger partial charge in [-0.2, -0.15) is 0 Å². The van der Waals surface area contributed by atoms with Gasteiger partial charge in [0.2, 0.25) is 0 Å². The fourth-order valence-corrected chi connectivity index (χ4v) is 2.60. The predicted octanol–water partition coefficient (Wildman–Crippen LogP) is 4.61. The van der Waals surface area contributed by atoms with Gasteiger partial charge in [0.15, 0.2) is 0 Å². The fraction of sp³-hybridized carbons (Fsp3) is 0.286. The molecule has 0 aliphatic carbocycles. The van der Waals surface area contributed by atoms with E-state index in [1.54, 1.807) is 0 Å². The highest BCUT2D eigenvalue weighted by Gasteiger charge is 2.00. The van der Waals surface area contributed by atoms with E-state index in [1.807, 2.05) is 0 Å². The van der Waals surface area contributed by atoms with E-state index < -0.39 is 0 Å². The maximum Gasteiger partial charge on any atom is 0.130 e. The van der Waals surface area contributed by atoms with Crippen LogP contribution < -0.4 is 4.52 Å². The third-order valence-electron chi connectivity index (χ3n) is 2.56. The maximum absolute atomic E-state index is 5.85. The molecule has 0 saturated heterocycles. The number of hydrogen-bond donors (Lipinski definition) is 0. The Morgan fingerprint density at radius 1 is 1.06 bits per heavy atom. The van der Waals surface area contributed by atoms with Gasteiger partial charge in [0.05, 0.1) is 8.81 Å². The minimum Gasteiger partial charge on any atom is -0.477 e. The zero-order valence-electron chi connectivity index (χ0n) is 9.57. The van der Waals surface area contributed by atoms with Crippen molar-refractivity contribution in [1.82, 2.24) is 0 Å². The summed E-state index contributed by atoms with van der Waals surface area (Å²) in [6.07, 6.45) is 3.66. The topological polar surface area (TPSA) is 9.23 Å².